The summed E-state index contributed by atoms with van der Waals surface area (Å²) in [5.41, 5.74) is 0.241. The Hall–Kier alpha value is -0.160. The van der Waals surface area contributed by atoms with Crippen LogP contribution in [-0.4, -0.2) is 63.5 Å². The van der Waals surface area contributed by atoms with Crippen molar-refractivity contribution < 1.29 is 9.47 Å². The molecule has 1 rings (SSSR count). The zero-order valence-electron chi connectivity index (χ0n) is 10.2. The Kier molecular flexibility index (Phi) is 5.53. The third kappa shape index (κ3) is 5.47. The zero-order chi connectivity index (χ0) is 11.1. The molecule has 4 heteroatoms. The Labute approximate surface area is 92.9 Å². The standard InChI is InChI=1S/C11H24N2O2/c1-11(2)10-13(5-4-12-11)6-7-15-9-8-14-3/h12H,4-10H2,1-3H3. The Balaban J connectivity index is 2.05. The molecule has 4 nitrogen and oxygen atoms in total. The van der Waals surface area contributed by atoms with E-state index < -0.39 is 0 Å². The minimum atomic E-state index is 0.241. The van der Waals surface area contributed by atoms with Crippen molar-refractivity contribution in [2.75, 3.05) is 53.1 Å². The lowest BCUT2D eigenvalue weighted by Gasteiger charge is -2.39. The molecule has 1 aliphatic heterocycles. The summed E-state index contributed by atoms with van der Waals surface area (Å²) in [6, 6.07) is 0. The average Bonchev–Trinajstić information content (AvgIpc) is 2.16. The molecule has 1 saturated heterocycles. The Morgan fingerprint density at radius 2 is 2.07 bits per heavy atom. The summed E-state index contributed by atoms with van der Waals surface area (Å²) in [6.07, 6.45) is 0. The molecular formula is C11H24N2O2. The SMILES string of the molecule is COCCOCCN1CCNC(C)(C)C1. The van der Waals surface area contributed by atoms with Gasteiger partial charge in [0.2, 0.25) is 0 Å². The van der Waals surface area contributed by atoms with Crippen molar-refractivity contribution in [3.63, 3.8) is 0 Å². The van der Waals surface area contributed by atoms with Crippen molar-refractivity contribution in [1.82, 2.24) is 10.2 Å². The predicted molar refractivity (Wildman–Crippen MR) is 61.2 cm³/mol. The molecule has 0 amide bonds. The van der Waals surface area contributed by atoms with Gasteiger partial charge < -0.3 is 14.8 Å². The predicted octanol–water partition coefficient (Wildman–Crippen LogP) is 0.333. The lowest BCUT2D eigenvalue weighted by atomic mass is 10.0. The molecule has 1 N–H and O–H groups in total. The molecule has 0 radical (unpaired) electrons. The van der Waals surface area contributed by atoms with E-state index in [0.717, 1.165) is 32.8 Å². The molecule has 0 spiro atoms. The second-order valence-electron chi connectivity index (χ2n) is 4.69. The lowest BCUT2D eigenvalue weighted by Crippen LogP contribution is -2.57. The van der Waals surface area contributed by atoms with Gasteiger partial charge in [0.05, 0.1) is 19.8 Å². The van der Waals surface area contributed by atoms with Crippen molar-refractivity contribution in [1.29, 1.82) is 0 Å². The number of nitrogens with one attached hydrogen (secondary N) is 1. The van der Waals surface area contributed by atoms with E-state index in [1.807, 2.05) is 0 Å². The van der Waals surface area contributed by atoms with E-state index in [1.54, 1.807) is 7.11 Å². The van der Waals surface area contributed by atoms with Crippen LogP contribution in [0.1, 0.15) is 13.8 Å². The second-order valence-corrected chi connectivity index (χ2v) is 4.69. The smallest absolute Gasteiger partial charge is 0.0700 e. The first-order chi connectivity index (χ1) is 7.14. The maximum atomic E-state index is 5.46. The van der Waals surface area contributed by atoms with Crippen LogP contribution in [0.25, 0.3) is 0 Å². The molecule has 1 aliphatic rings. The van der Waals surface area contributed by atoms with Gasteiger partial charge in [-0.05, 0) is 13.8 Å². The molecule has 1 fully saturated rings. The van der Waals surface area contributed by atoms with Gasteiger partial charge in [-0.25, -0.2) is 0 Å². The van der Waals surface area contributed by atoms with Crippen LogP contribution < -0.4 is 5.32 Å². The van der Waals surface area contributed by atoms with Crippen molar-refractivity contribution in [3.05, 3.63) is 0 Å². The van der Waals surface area contributed by atoms with Crippen LogP contribution in [0.2, 0.25) is 0 Å². The topological polar surface area (TPSA) is 33.7 Å². The molecule has 0 atom stereocenters. The van der Waals surface area contributed by atoms with Gasteiger partial charge in [0, 0.05) is 38.8 Å². The first-order valence-electron chi connectivity index (χ1n) is 5.68. The Bertz CT molecular complexity index is 174. The normalized spacial score (nSPS) is 21.8. The van der Waals surface area contributed by atoms with E-state index in [2.05, 4.69) is 24.1 Å². The number of ether oxygens (including phenoxy) is 2. The fraction of sp³-hybridized carbons (Fsp3) is 1.00. The minimum absolute atomic E-state index is 0.241. The van der Waals surface area contributed by atoms with Crippen LogP contribution in [0.4, 0.5) is 0 Å². The third-order valence-corrected chi connectivity index (χ3v) is 2.63. The quantitative estimate of drug-likeness (QED) is 0.649. The highest BCUT2D eigenvalue weighted by molar-refractivity contribution is 4.86. The molecule has 0 saturated carbocycles. The number of piperazine rings is 1. The lowest BCUT2D eigenvalue weighted by molar-refractivity contribution is 0.0475. The van der Waals surface area contributed by atoms with E-state index in [9.17, 15) is 0 Å². The van der Waals surface area contributed by atoms with Crippen molar-refractivity contribution in [2.45, 2.75) is 19.4 Å². The summed E-state index contributed by atoms with van der Waals surface area (Å²) in [4.78, 5) is 2.45. The molecule has 0 aliphatic carbocycles. The van der Waals surface area contributed by atoms with E-state index in [0.29, 0.717) is 13.2 Å². The number of methoxy groups -OCH3 is 1. The van der Waals surface area contributed by atoms with Crippen LogP contribution in [0.3, 0.4) is 0 Å². The third-order valence-electron chi connectivity index (χ3n) is 2.63. The van der Waals surface area contributed by atoms with Gasteiger partial charge in [0.1, 0.15) is 0 Å². The summed E-state index contributed by atoms with van der Waals surface area (Å²) < 4.78 is 10.4. The van der Waals surface area contributed by atoms with Gasteiger partial charge in [0.25, 0.3) is 0 Å². The Morgan fingerprint density at radius 1 is 1.27 bits per heavy atom. The summed E-state index contributed by atoms with van der Waals surface area (Å²) >= 11 is 0. The zero-order valence-corrected chi connectivity index (χ0v) is 10.2. The molecule has 0 aromatic carbocycles. The maximum absolute atomic E-state index is 5.46. The first-order valence-corrected chi connectivity index (χ1v) is 5.68. The van der Waals surface area contributed by atoms with Gasteiger partial charge in [0.15, 0.2) is 0 Å². The molecule has 15 heavy (non-hydrogen) atoms. The fourth-order valence-corrected chi connectivity index (χ4v) is 1.88. The maximum Gasteiger partial charge on any atom is 0.0700 e. The molecule has 0 aromatic heterocycles. The summed E-state index contributed by atoms with van der Waals surface area (Å²) in [7, 11) is 1.70. The second kappa shape index (κ2) is 6.43. The highest BCUT2D eigenvalue weighted by Crippen LogP contribution is 2.09. The van der Waals surface area contributed by atoms with Crippen LogP contribution in [0.15, 0.2) is 0 Å². The number of rotatable bonds is 6. The van der Waals surface area contributed by atoms with E-state index >= 15 is 0 Å². The molecular weight excluding hydrogens is 192 g/mol. The highest BCUT2D eigenvalue weighted by Gasteiger charge is 2.24. The number of hydrogen-bond acceptors (Lipinski definition) is 4. The minimum Gasteiger partial charge on any atom is -0.382 e. The van der Waals surface area contributed by atoms with Gasteiger partial charge in [-0.3, -0.25) is 4.90 Å². The van der Waals surface area contributed by atoms with Gasteiger partial charge >= 0.3 is 0 Å². The largest absolute Gasteiger partial charge is 0.382 e. The van der Waals surface area contributed by atoms with Crippen LogP contribution in [0.5, 0.6) is 0 Å². The molecule has 0 aromatic rings. The number of hydrogen-bond donors (Lipinski definition) is 1. The van der Waals surface area contributed by atoms with Gasteiger partial charge in [-0.1, -0.05) is 0 Å². The van der Waals surface area contributed by atoms with Crippen LogP contribution >= 0.6 is 0 Å². The van der Waals surface area contributed by atoms with Crippen molar-refractivity contribution >= 4 is 0 Å². The van der Waals surface area contributed by atoms with Gasteiger partial charge in [-0.2, -0.15) is 0 Å². The average molecular weight is 216 g/mol. The van der Waals surface area contributed by atoms with E-state index in [4.69, 9.17) is 9.47 Å². The molecule has 0 bridgehead atoms. The van der Waals surface area contributed by atoms with E-state index in [1.165, 1.54) is 0 Å². The molecule has 1 heterocycles. The highest BCUT2D eigenvalue weighted by atomic mass is 16.5. The first kappa shape index (κ1) is 12.9. The van der Waals surface area contributed by atoms with Crippen LogP contribution in [-0.2, 0) is 9.47 Å². The Morgan fingerprint density at radius 3 is 2.73 bits per heavy atom. The summed E-state index contributed by atoms with van der Waals surface area (Å²) in [5.74, 6) is 0. The van der Waals surface area contributed by atoms with E-state index in [-0.39, 0.29) is 5.54 Å². The molecule has 0 unspecified atom stereocenters. The van der Waals surface area contributed by atoms with Gasteiger partial charge in [-0.15, -0.1) is 0 Å². The summed E-state index contributed by atoms with van der Waals surface area (Å²) in [5, 5.41) is 3.50. The fourth-order valence-electron chi connectivity index (χ4n) is 1.88. The molecule has 90 valence electrons. The summed E-state index contributed by atoms with van der Waals surface area (Å²) in [6.45, 7) is 11.0. The number of nitrogens with zero attached hydrogens (tertiary/aromatic N) is 1. The monoisotopic (exact) mass is 216 g/mol. The van der Waals surface area contributed by atoms with Crippen molar-refractivity contribution in [2.24, 2.45) is 0 Å². The van der Waals surface area contributed by atoms with Crippen LogP contribution in [0, 0.1) is 0 Å². The van der Waals surface area contributed by atoms with Crippen molar-refractivity contribution in [3.8, 4) is 0 Å².